The van der Waals surface area contributed by atoms with Crippen LogP contribution in [0.3, 0.4) is 0 Å². The molecule has 2 aromatic heterocycles. The van der Waals surface area contributed by atoms with E-state index >= 15 is 0 Å². The van der Waals surface area contributed by atoms with Crippen molar-refractivity contribution in [3.8, 4) is 0 Å². The molecule has 3 N–H and O–H groups in total. The maximum atomic E-state index is 10.3. The molecule has 0 bridgehead atoms. The van der Waals surface area contributed by atoms with E-state index < -0.39 is 5.97 Å². The van der Waals surface area contributed by atoms with E-state index in [0.29, 0.717) is 12.1 Å². The molecule has 2 rings (SSSR count). The number of carbonyl (C=O) groups is 1. The van der Waals surface area contributed by atoms with Gasteiger partial charge in [0.05, 0.1) is 6.33 Å². The first-order valence-corrected chi connectivity index (χ1v) is 5.87. The van der Waals surface area contributed by atoms with Crippen LogP contribution in [-0.4, -0.2) is 37.6 Å². The summed E-state index contributed by atoms with van der Waals surface area (Å²) in [5.74, 6) is -0.00587. The van der Waals surface area contributed by atoms with Gasteiger partial charge in [-0.3, -0.25) is 4.79 Å². The number of imidazole rings is 1. The first-order valence-electron chi connectivity index (χ1n) is 5.87. The summed E-state index contributed by atoms with van der Waals surface area (Å²) in [5, 5.41) is 11.7. The molecular formula is C11H15N5O2. The molecule has 0 fully saturated rings. The van der Waals surface area contributed by atoms with Crippen LogP contribution >= 0.6 is 0 Å². The van der Waals surface area contributed by atoms with Gasteiger partial charge in [0, 0.05) is 13.0 Å². The van der Waals surface area contributed by atoms with E-state index in [0.717, 1.165) is 30.7 Å². The second kappa shape index (κ2) is 5.95. The fraction of sp³-hybridized carbons (Fsp3) is 0.455. The molecule has 96 valence electrons. The summed E-state index contributed by atoms with van der Waals surface area (Å²) in [6, 6.07) is 0. The van der Waals surface area contributed by atoms with E-state index in [1.165, 1.54) is 6.33 Å². The quantitative estimate of drug-likeness (QED) is 0.641. The molecule has 7 heteroatoms. The lowest BCUT2D eigenvalue weighted by Gasteiger charge is -2.05. The first kappa shape index (κ1) is 12.3. The fourth-order valence-electron chi connectivity index (χ4n) is 1.68. The minimum Gasteiger partial charge on any atom is -0.481 e. The average Bonchev–Trinajstić information content (AvgIpc) is 2.82. The SMILES string of the molecule is O=C(O)CCCCCNc1ncnc2nc[nH]c12. The van der Waals surface area contributed by atoms with Crippen LogP contribution in [0.5, 0.6) is 0 Å². The molecule has 0 aliphatic carbocycles. The second-order valence-corrected chi connectivity index (χ2v) is 3.95. The minimum atomic E-state index is -0.738. The van der Waals surface area contributed by atoms with Crippen molar-refractivity contribution in [2.45, 2.75) is 25.7 Å². The molecule has 0 unspecified atom stereocenters. The van der Waals surface area contributed by atoms with Gasteiger partial charge in [0.25, 0.3) is 0 Å². The summed E-state index contributed by atoms with van der Waals surface area (Å²) < 4.78 is 0. The number of carboxylic acid groups (broad SMARTS) is 1. The molecular weight excluding hydrogens is 234 g/mol. The van der Waals surface area contributed by atoms with Crippen LogP contribution in [0.15, 0.2) is 12.7 Å². The van der Waals surface area contributed by atoms with Crippen LogP contribution < -0.4 is 5.32 Å². The third-order valence-corrected chi connectivity index (χ3v) is 2.58. The summed E-state index contributed by atoms with van der Waals surface area (Å²) in [6.45, 7) is 0.755. The molecule has 7 nitrogen and oxygen atoms in total. The second-order valence-electron chi connectivity index (χ2n) is 3.95. The third-order valence-electron chi connectivity index (χ3n) is 2.58. The zero-order chi connectivity index (χ0) is 12.8. The van der Waals surface area contributed by atoms with Crippen LogP contribution in [0.2, 0.25) is 0 Å². The van der Waals surface area contributed by atoms with Crippen LogP contribution in [0.4, 0.5) is 5.82 Å². The van der Waals surface area contributed by atoms with Crippen molar-refractivity contribution in [2.75, 3.05) is 11.9 Å². The molecule has 2 heterocycles. The number of carboxylic acids is 1. The van der Waals surface area contributed by atoms with Gasteiger partial charge in [-0.25, -0.2) is 15.0 Å². The van der Waals surface area contributed by atoms with E-state index in [9.17, 15) is 4.79 Å². The third kappa shape index (κ3) is 3.16. The van der Waals surface area contributed by atoms with Gasteiger partial charge in [-0.15, -0.1) is 0 Å². The Labute approximate surface area is 104 Å². The van der Waals surface area contributed by atoms with Gasteiger partial charge < -0.3 is 15.4 Å². The molecule has 18 heavy (non-hydrogen) atoms. The van der Waals surface area contributed by atoms with Crippen LogP contribution in [0.25, 0.3) is 11.2 Å². The summed E-state index contributed by atoms with van der Waals surface area (Å²) in [6.07, 6.45) is 5.79. The van der Waals surface area contributed by atoms with Crippen molar-refractivity contribution >= 4 is 23.0 Å². The average molecular weight is 249 g/mol. The molecule has 0 saturated carbocycles. The Hall–Kier alpha value is -2.18. The van der Waals surface area contributed by atoms with Crippen molar-refractivity contribution in [1.29, 1.82) is 0 Å². The highest BCUT2D eigenvalue weighted by molar-refractivity contribution is 5.81. The number of rotatable bonds is 7. The highest BCUT2D eigenvalue weighted by Gasteiger charge is 2.04. The molecule has 0 amide bonds. The summed E-state index contributed by atoms with van der Waals surface area (Å²) in [5.41, 5.74) is 1.43. The normalized spacial score (nSPS) is 10.7. The molecule has 0 atom stereocenters. The van der Waals surface area contributed by atoms with Gasteiger partial charge in [0.15, 0.2) is 11.5 Å². The number of hydrogen-bond donors (Lipinski definition) is 3. The molecule has 0 spiro atoms. The number of hydrogen-bond acceptors (Lipinski definition) is 5. The largest absolute Gasteiger partial charge is 0.481 e. The Balaban J connectivity index is 1.76. The number of aliphatic carboxylic acids is 1. The zero-order valence-corrected chi connectivity index (χ0v) is 9.89. The summed E-state index contributed by atoms with van der Waals surface area (Å²) in [7, 11) is 0. The van der Waals surface area contributed by atoms with E-state index in [2.05, 4.69) is 25.3 Å². The highest BCUT2D eigenvalue weighted by atomic mass is 16.4. The van der Waals surface area contributed by atoms with Crippen molar-refractivity contribution in [1.82, 2.24) is 19.9 Å². The maximum Gasteiger partial charge on any atom is 0.303 e. The Morgan fingerprint density at radius 3 is 3.00 bits per heavy atom. The molecule has 0 aliphatic heterocycles. The number of unbranched alkanes of at least 4 members (excludes halogenated alkanes) is 2. The molecule has 0 aliphatic rings. The Morgan fingerprint density at radius 2 is 2.17 bits per heavy atom. The predicted octanol–water partition coefficient (Wildman–Crippen LogP) is 1.41. The molecule has 0 aromatic carbocycles. The van der Waals surface area contributed by atoms with Crippen molar-refractivity contribution < 1.29 is 9.90 Å². The number of H-pyrrole nitrogens is 1. The lowest BCUT2D eigenvalue weighted by molar-refractivity contribution is -0.137. The van der Waals surface area contributed by atoms with Gasteiger partial charge in [0.1, 0.15) is 11.8 Å². The zero-order valence-electron chi connectivity index (χ0n) is 9.89. The number of nitrogens with zero attached hydrogens (tertiary/aromatic N) is 3. The Kier molecular flexibility index (Phi) is 4.06. The predicted molar refractivity (Wildman–Crippen MR) is 66.3 cm³/mol. The van der Waals surface area contributed by atoms with E-state index in [1.54, 1.807) is 6.33 Å². The van der Waals surface area contributed by atoms with Crippen molar-refractivity contribution in [2.24, 2.45) is 0 Å². The molecule has 0 radical (unpaired) electrons. The van der Waals surface area contributed by atoms with Gasteiger partial charge >= 0.3 is 5.97 Å². The summed E-state index contributed by atoms with van der Waals surface area (Å²) >= 11 is 0. The lowest BCUT2D eigenvalue weighted by Crippen LogP contribution is -2.04. The number of anilines is 1. The van der Waals surface area contributed by atoms with Gasteiger partial charge in [-0.1, -0.05) is 6.42 Å². The van der Waals surface area contributed by atoms with Gasteiger partial charge in [-0.05, 0) is 12.8 Å². The summed E-state index contributed by atoms with van der Waals surface area (Å²) in [4.78, 5) is 25.5. The van der Waals surface area contributed by atoms with E-state index in [1.807, 2.05) is 0 Å². The van der Waals surface area contributed by atoms with E-state index in [4.69, 9.17) is 5.11 Å². The smallest absolute Gasteiger partial charge is 0.303 e. The fourth-order valence-corrected chi connectivity index (χ4v) is 1.68. The first-order chi connectivity index (χ1) is 8.77. The standard InChI is InChI=1S/C11H15N5O2/c17-8(18)4-2-1-3-5-12-10-9-11(14-6-13-9)16-7-15-10/h6-7H,1-5H2,(H,17,18)(H2,12,13,14,15,16). The number of fused-ring (bicyclic) bond motifs is 1. The Bertz CT molecular complexity index is 525. The van der Waals surface area contributed by atoms with Crippen molar-refractivity contribution in [3.05, 3.63) is 12.7 Å². The number of aromatic amines is 1. The molecule has 2 aromatic rings. The highest BCUT2D eigenvalue weighted by Crippen LogP contribution is 2.14. The van der Waals surface area contributed by atoms with E-state index in [-0.39, 0.29) is 6.42 Å². The lowest BCUT2D eigenvalue weighted by atomic mass is 10.2. The monoisotopic (exact) mass is 249 g/mol. The van der Waals surface area contributed by atoms with Gasteiger partial charge in [-0.2, -0.15) is 0 Å². The number of aromatic nitrogens is 4. The minimum absolute atomic E-state index is 0.234. The van der Waals surface area contributed by atoms with Crippen LogP contribution in [-0.2, 0) is 4.79 Å². The van der Waals surface area contributed by atoms with Crippen molar-refractivity contribution in [3.63, 3.8) is 0 Å². The van der Waals surface area contributed by atoms with Gasteiger partial charge in [0.2, 0.25) is 0 Å². The van der Waals surface area contributed by atoms with Crippen LogP contribution in [0, 0.1) is 0 Å². The molecule has 0 saturated heterocycles. The number of nitrogens with one attached hydrogen (secondary N) is 2. The maximum absolute atomic E-state index is 10.3. The van der Waals surface area contributed by atoms with Crippen LogP contribution in [0.1, 0.15) is 25.7 Å². The topological polar surface area (TPSA) is 104 Å². The Morgan fingerprint density at radius 1 is 1.28 bits per heavy atom.